The number of esters is 1. The van der Waals surface area contributed by atoms with E-state index in [4.69, 9.17) is 4.74 Å². The van der Waals surface area contributed by atoms with E-state index >= 15 is 0 Å². The molecule has 2 aromatic rings. The van der Waals surface area contributed by atoms with E-state index in [2.05, 4.69) is 21.2 Å². The number of hydrogen-bond acceptors (Lipinski definition) is 5. The van der Waals surface area contributed by atoms with Crippen LogP contribution in [0.4, 0.5) is 5.69 Å². The summed E-state index contributed by atoms with van der Waals surface area (Å²) in [7, 11) is 0. The number of halogens is 1. The molecule has 0 fully saturated rings. The molecule has 126 valence electrons. The molecule has 0 aromatic heterocycles. The predicted molar refractivity (Wildman–Crippen MR) is 92.4 cm³/mol. The highest BCUT2D eigenvalue weighted by Crippen LogP contribution is 2.31. The van der Waals surface area contributed by atoms with Crippen molar-refractivity contribution in [3.05, 3.63) is 52.0 Å². The first-order valence-corrected chi connectivity index (χ1v) is 8.02. The van der Waals surface area contributed by atoms with Crippen LogP contribution in [-0.2, 0) is 4.74 Å². The number of anilines is 1. The molecule has 24 heavy (non-hydrogen) atoms. The van der Waals surface area contributed by atoms with E-state index in [1.54, 1.807) is 18.2 Å². The van der Waals surface area contributed by atoms with Crippen LogP contribution in [0.1, 0.15) is 34.1 Å². The first-order valence-electron chi connectivity index (χ1n) is 7.23. The Kier molecular flexibility index (Phi) is 5.81. The third-order valence-electron chi connectivity index (χ3n) is 3.14. The van der Waals surface area contributed by atoms with Crippen LogP contribution in [0.2, 0.25) is 0 Å². The van der Waals surface area contributed by atoms with E-state index in [9.17, 15) is 19.8 Å². The van der Waals surface area contributed by atoms with Crippen molar-refractivity contribution in [1.82, 2.24) is 0 Å². The Balaban J connectivity index is 2.30. The maximum Gasteiger partial charge on any atom is 0.341 e. The first-order chi connectivity index (χ1) is 11.4. The van der Waals surface area contributed by atoms with Gasteiger partial charge in [0.25, 0.3) is 5.91 Å². The molecule has 6 nitrogen and oxygen atoms in total. The summed E-state index contributed by atoms with van der Waals surface area (Å²) in [6, 6.07) is 8.89. The van der Waals surface area contributed by atoms with Gasteiger partial charge in [-0.1, -0.05) is 19.1 Å². The van der Waals surface area contributed by atoms with Gasteiger partial charge in [0, 0.05) is 5.56 Å². The number of ether oxygens (including phenoxy) is 1. The van der Waals surface area contributed by atoms with E-state index in [1.807, 2.05) is 6.92 Å². The average Bonchev–Trinajstić information content (AvgIpc) is 2.56. The lowest BCUT2D eigenvalue weighted by molar-refractivity contribution is 0.0501. The van der Waals surface area contributed by atoms with E-state index in [0.29, 0.717) is 6.42 Å². The minimum absolute atomic E-state index is 0.0775. The van der Waals surface area contributed by atoms with Crippen molar-refractivity contribution < 1.29 is 24.5 Å². The molecule has 7 heteroatoms. The quantitative estimate of drug-likeness (QED) is 0.531. The Bertz CT molecular complexity index is 776. The number of carbonyl (C=O) groups excluding carboxylic acids is 2. The molecule has 0 aliphatic carbocycles. The molecule has 2 rings (SSSR count). The molecule has 0 bridgehead atoms. The van der Waals surface area contributed by atoms with Crippen molar-refractivity contribution in [2.75, 3.05) is 11.9 Å². The molecule has 1 amide bonds. The number of phenolic OH excluding ortho intramolecular Hbond substituents is 2. The highest BCUT2D eigenvalue weighted by Gasteiger charge is 2.19. The number of benzene rings is 2. The standard InChI is InChI=1S/C17H16BrNO5/c1-2-7-24-17(23)11-8-10(9-12(18)15(11)21)16(22)19-13-5-3-4-6-14(13)20/h3-6,8-9,20-21H,2,7H2,1H3,(H,19,22). The molecule has 0 unspecified atom stereocenters. The van der Waals surface area contributed by atoms with Crippen molar-refractivity contribution in [1.29, 1.82) is 0 Å². The molecule has 0 saturated heterocycles. The van der Waals surface area contributed by atoms with Crippen molar-refractivity contribution in [3.8, 4) is 11.5 Å². The fourth-order valence-electron chi connectivity index (χ4n) is 1.93. The molecule has 0 saturated carbocycles. The minimum atomic E-state index is -0.716. The molecule has 3 N–H and O–H groups in total. The van der Waals surface area contributed by atoms with Gasteiger partial charge in [0.05, 0.1) is 16.8 Å². The van der Waals surface area contributed by atoms with Crippen LogP contribution >= 0.6 is 15.9 Å². The Morgan fingerprint density at radius 3 is 2.58 bits per heavy atom. The number of phenols is 2. The Morgan fingerprint density at radius 1 is 1.21 bits per heavy atom. The minimum Gasteiger partial charge on any atom is -0.506 e. The monoisotopic (exact) mass is 393 g/mol. The van der Waals surface area contributed by atoms with Gasteiger partial charge in [-0.3, -0.25) is 4.79 Å². The van der Waals surface area contributed by atoms with Crippen LogP contribution in [-0.4, -0.2) is 28.7 Å². The second-order valence-electron chi connectivity index (χ2n) is 4.96. The van der Waals surface area contributed by atoms with Gasteiger partial charge >= 0.3 is 5.97 Å². The van der Waals surface area contributed by atoms with Crippen LogP contribution < -0.4 is 5.32 Å². The third-order valence-corrected chi connectivity index (χ3v) is 3.74. The van der Waals surface area contributed by atoms with Crippen molar-refractivity contribution >= 4 is 33.5 Å². The summed E-state index contributed by atoms with van der Waals surface area (Å²) in [4.78, 5) is 24.3. The lowest BCUT2D eigenvalue weighted by atomic mass is 10.1. The van der Waals surface area contributed by atoms with Crippen LogP contribution in [0, 0.1) is 0 Å². The van der Waals surface area contributed by atoms with Gasteiger partial charge in [0.2, 0.25) is 0 Å². The number of hydrogen-bond donors (Lipinski definition) is 3. The maximum absolute atomic E-state index is 12.3. The van der Waals surface area contributed by atoms with Crippen LogP contribution in [0.3, 0.4) is 0 Å². The van der Waals surface area contributed by atoms with Gasteiger partial charge in [-0.15, -0.1) is 0 Å². The van der Waals surface area contributed by atoms with E-state index < -0.39 is 11.9 Å². The second kappa shape index (κ2) is 7.83. The summed E-state index contributed by atoms with van der Waals surface area (Å²) < 4.78 is 5.18. The van der Waals surface area contributed by atoms with Crippen LogP contribution in [0.25, 0.3) is 0 Å². The summed E-state index contributed by atoms with van der Waals surface area (Å²) in [5, 5.41) is 22.2. The summed E-state index contributed by atoms with van der Waals surface area (Å²) in [5.41, 5.74) is 0.258. The Hall–Kier alpha value is -2.54. The fraction of sp³-hybridized carbons (Fsp3) is 0.176. The normalized spacial score (nSPS) is 10.2. The average molecular weight is 394 g/mol. The van der Waals surface area contributed by atoms with E-state index in [0.717, 1.165) is 0 Å². The van der Waals surface area contributed by atoms with Crippen molar-refractivity contribution in [2.24, 2.45) is 0 Å². The fourth-order valence-corrected chi connectivity index (χ4v) is 2.39. The lowest BCUT2D eigenvalue weighted by Gasteiger charge is -2.11. The van der Waals surface area contributed by atoms with E-state index in [-0.39, 0.29) is 39.4 Å². The molecule has 2 aromatic carbocycles. The molecule has 0 heterocycles. The number of aromatic hydroxyl groups is 2. The van der Waals surface area contributed by atoms with Gasteiger partial charge in [0.1, 0.15) is 17.1 Å². The molecular formula is C17H16BrNO5. The number of rotatable bonds is 5. The Morgan fingerprint density at radius 2 is 1.92 bits per heavy atom. The number of para-hydroxylation sites is 2. The highest BCUT2D eigenvalue weighted by molar-refractivity contribution is 9.10. The first kappa shape index (κ1) is 17.8. The highest BCUT2D eigenvalue weighted by atomic mass is 79.9. The zero-order valence-corrected chi connectivity index (χ0v) is 14.5. The second-order valence-corrected chi connectivity index (χ2v) is 5.82. The van der Waals surface area contributed by atoms with Gasteiger partial charge in [0.15, 0.2) is 0 Å². The summed E-state index contributed by atoms with van der Waals surface area (Å²) in [6.45, 7) is 2.06. The molecule has 0 atom stereocenters. The topological polar surface area (TPSA) is 95.9 Å². The largest absolute Gasteiger partial charge is 0.506 e. The predicted octanol–water partition coefficient (Wildman–Crippen LogP) is 3.68. The Labute approximate surface area is 147 Å². The van der Waals surface area contributed by atoms with Crippen molar-refractivity contribution in [3.63, 3.8) is 0 Å². The molecular weight excluding hydrogens is 378 g/mol. The maximum atomic E-state index is 12.3. The SMILES string of the molecule is CCCOC(=O)c1cc(C(=O)Nc2ccccc2O)cc(Br)c1O. The van der Waals surface area contributed by atoms with Gasteiger partial charge in [-0.2, -0.15) is 0 Å². The van der Waals surface area contributed by atoms with Gasteiger partial charge in [-0.05, 0) is 46.6 Å². The number of nitrogens with one attached hydrogen (secondary N) is 1. The van der Waals surface area contributed by atoms with E-state index in [1.165, 1.54) is 18.2 Å². The number of amides is 1. The van der Waals surface area contributed by atoms with Gasteiger partial charge in [-0.25, -0.2) is 4.79 Å². The van der Waals surface area contributed by atoms with Crippen molar-refractivity contribution in [2.45, 2.75) is 13.3 Å². The van der Waals surface area contributed by atoms with Gasteiger partial charge < -0.3 is 20.3 Å². The molecule has 0 radical (unpaired) electrons. The zero-order valence-electron chi connectivity index (χ0n) is 12.9. The zero-order chi connectivity index (χ0) is 17.7. The smallest absolute Gasteiger partial charge is 0.341 e. The van der Waals surface area contributed by atoms with Crippen LogP contribution in [0.5, 0.6) is 11.5 Å². The lowest BCUT2D eigenvalue weighted by Crippen LogP contribution is -2.14. The third kappa shape index (κ3) is 4.05. The molecule has 0 spiro atoms. The summed E-state index contributed by atoms with van der Waals surface area (Å²) in [5.74, 6) is -1.63. The molecule has 0 aliphatic rings. The van der Waals surface area contributed by atoms with Crippen LogP contribution in [0.15, 0.2) is 40.9 Å². The number of carbonyl (C=O) groups is 2. The molecule has 0 aliphatic heterocycles. The summed E-state index contributed by atoms with van der Waals surface area (Å²) in [6.07, 6.45) is 0.640. The summed E-state index contributed by atoms with van der Waals surface area (Å²) >= 11 is 3.11.